The molecule has 2 nitrogen and oxygen atoms in total. The zero-order valence-corrected chi connectivity index (χ0v) is 19.5. The van der Waals surface area contributed by atoms with E-state index in [0.29, 0.717) is 0 Å². The topological polar surface area (TPSA) is 15.6 Å². The number of hydrogen-bond acceptors (Lipinski definition) is 3. The van der Waals surface area contributed by atoms with E-state index in [2.05, 4.69) is 11.0 Å². The first-order valence-corrected chi connectivity index (χ1v) is 12.4. The van der Waals surface area contributed by atoms with E-state index in [1.54, 1.807) is 24.3 Å². The molecular weight excluding hydrogens is 465 g/mol. The van der Waals surface area contributed by atoms with Crippen molar-refractivity contribution in [1.82, 2.24) is 4.90 Å². The summed E-state index contributed by atoms with van der Waals surface area (Å²) >= 11 is 1.54. The van der Waals surface area contributed by atoms with Gasteiger partial charge in [0.25, 0.3) is 0 Å². The van der Waals surface area contributed by atoms with Gasteiger partial charge in [-0.2, -0.15) is 0 Å². The van der Waals surface area contributed by atoms with Crippen molar-refractivity contribution < 1.29 is 13.2 Å². The minimum absolute atomic E-state index is 0.152. The number of fused-ring (bicyclic) bond motifs is 1. The van der Waals surface area contributed by atoms with Gasteiger partial charge in [-0.05, 0) is 102 Å². The minimum Gasteiger partial charge on any atom is -0.308 e. The van der Waals surface area contributed by atoms with Crippen molar-refractivity contribution in [1.29, 1.82) is 0 Å². The summed E-state index contributed by atoms with van der Waals surface area (Å²) in [4.78, 5) is 7.28. The third-order valence-electron chi connectivity index (χ3n) is 6.57. The van der Waals surface area contributed by atoms with Crippen molar-refractivity contribution in [2.75, 3.05) is 0 Å². The first kappa shape index (κ1) is 22.0. The van der Waals surface area contributed by atoms with Crippen LogP contribution >= 0.6 is 11.8 Å². The van der Waals surface area contributed by atoms with Gasteiger partial charge in [-0.3, -0.25) is 0 Å². The van der Waals surface area contributed by atoms with Crippen LogP contribution in [-0.2, 0) is 0 Å². The Bertz CT molecular complexity index is 1400. The van der Waals surface area contributed by atoms with Crippen LogP contribution in [0.4, 0.5) is 13.2 Å². The molecule has 2 aliphatic heterocycles. The number of hydrogen-bond donors (Lipinski definition) is 0. The highest BCUT2D eigenvalue weighted by atomic mass is 32.2. The average molecular weight is 487 g/mol. The zero-order chi connectivity index (χ0) is 23.9. The Balaban J connectivity index is 1.48. The molecule has 3 aromatic rings. The number of allylic oxidation sites excluding steroid dienone is 1. The molecule has 1 unspecified atom stereocenters. The summed E-state index contributed by atoms with van der Waals surface area (Å²) in [5.74, 6) is -0.823. The third kappa shape index (κ3) is 4.12. The average Bonchev–Trinajstić information content (AvgIpc) is 3.29. The quantitative estimate of drug-likeness (QED) is 0.372. The summed E-state index contributed by atoms with van der Waals surface area (Å²) in [5.41, 5.74) is 7.01. The highest BCUT2D eigenvalue weighted by Gasteiger charge is 2.40. The predicted octanol–water partition coefficient (Wildman–Crippen LogP) is 8.08. The maximum Gasteiger partial charge on any atom is 0.174 e. The lowest BCUT2D eigenvalue weighted by Gasteiger charge is -2.40. The summed E-state index contributed by atoms with van der Waals surface area (Å²) in [6.45, 7) is 0. The second-order valence-corrected chi connectivity index (χ2v) is 9.63. The molecule has 0 bridgehead atoms. The highest BCUT2D eigenvalue weighted by Crippen LogP contribution is 2.51. The molecule has 0 saturated carbocycles. The summed E-state index contributed by atoms with van der Waals surface area (Å²) in [6, 6.07) is 19.4. The minimum atomic E-state index is -0.282. The zero-order valence-electron chi connectivity index (χ0n) is 18.7. The molecule has 35 heavy (non-hydrogen) atoms. The van der Waals surface area contributed by atoms with Gasteiger partial charge in [0.2, 0.25) is 0 Å². The first-order chi connectivity index (χ1) is 17.1. The van der Waals surface area contributed by atoms with Crippen LogP contribution in [0, 0.1) is 17.5 Å². The number of amidine groups is 1. The van der Waals surface area contributed by atoms with E-state index in [0.717, 1.165) is 58.1 Å². The van der Waals surface area contributed by atoms with Crippen LogP contribution in [-0.4, -0.2) is 10.1 Å². The fourth-order valence-electron chi connectivity index (χ4n) is 4.95. The molecule has 0 saturated heterocycles. The monoisotopic (exact) mass is 486 g/mol. The van der Waals surface area contributed by atoms with Gasteiger partial charge >= 0.3 is 0 Å². The highest BCUT2D eigenvalue weighted by molar-refractivity contribution is 8.16. The molecule has 6 rings (SSSR count). The molecule has 3 aliphatic rings. The van der Waals surface area contributed by atoms with Crippen LogP contribution in [0.25, 0.3) is 11.8 Å². The second-order valence-electron chi connectivity index (χ2n) is 8.79. The van der Waals surface area contributed by atoms with Gasteiger partial charge in [-0.15, -0.1) is 0 Å². The van der Waals surface area contributed by atoms with E-state index in [-0.39, 0.29) is 23.5 Å². The molecule has 3 aromatic carbocycles. The number of benzene rings is 3. The van der Waals surface area contributed by atoms with Gasteiger partial charge < -0.3 is 4.90 Å². The van der Waals surface area contributed by atoms with Crippen LogP contribution in [0.5, 0.6) is 0 Å². The van der Waals surface area contributed by atoms with Gasteiger partial charge in [0, 0.05) is 5.41 Å². The van der Waals surface area contributed by atoms with Crippen molar-refractivity contribution in [2.24, 2.45) is 4.99 Å². The van der Waals surface area contributed by atoms with E-state index in [9.17, 15) is 13.2 Å². The van der Waals surface area contributed by atoms with Crippen molar-refractivity contribution in [2.45, 2.75) is 25.3 Å². The Morgan fingerprint density at radius 3 is 2.11 bits per heavy atom. The SMILES string of the molecule is Fc1ccc(C=C2CCCC3=C2N=C2SC=C(c4ccc(F)cc4)N2C3c2ccc(F)cc2)cc1. The predicted molar refractivity (Wildman–Crippen MR) is 136 cm³/mol. The van der Waals surface area contributed by atoms with Crippen LogP contribution in [0.3, 0.4) is 0 Å². The number of halogens is 3. The van der Waals surface area contributed by atoms with Gasteiger partial charge in [0.05, 0.1) is 17.4 Å². The van der Waals surface area contributed by atoms with Crippen molar-refractivity contribution in [3.63, 3.8) is 0 Å². The van der Waals surface area contributed by atoms with Crippen LogP contribution in [0.15, 0.2) is 100 Å². The van der Waals surface area contributed by atoms with Crippen LogP contribution in [0.2, 0.25) is 0 Å². The molecule has 0 N–H and O–H groups in total. The number of thioether (sulfide) groups is 1. The van der Waals surface area contributed by atoms with Gasteiger partial charge in [0.15, 0.2) is 5.17 Å². The molecule has 1 atom stereocenters. The number of nitrogens with zero attached hydrogens (tertiary/aromatic N) is 2. The van der Waals surface area contributed by atoms with E-state index < -0.39 is 0 Å². The summed E-state index contributed by atoms with van der Waals surface area (Å²) in [7, 11) is 0. The first-order valence-electron chi connectivity index (χ1n) is 11.5. The molecule has 2 heterocycles. The summed E-state index contributed by atoms with van der Waals surface area (Å²) < 4.78 is 40.9. The number of aliphatic imine (C=N–C) groups is 1. The lowest BCUT2D eigenvalue weighted by Crippen LogP contribution is -2.34. The Hall–Kier alpha value is -3.51. The lowest BCUT2D eigenvalue weighted by molar-refractivity contribution is 0.457. The Morgan fingerprint density at radius 1 is 0.800 bits per heavy atom. The molecule has 6 heteroatoms. The lowest BCUT2D eigenvalue weighted by atomic mass is 9.82. The van der Waals surface area contributed by atoms with Gasteiger partial charge in [-0.25, -0.2) is 18.2 Å². The fraction of sp³-hybridized carbons (Fsp3) is 0.138. The molecule has 0 aromatic heterocycles. The maximum atomic E-state index is 13.8. The van der Waals surface area contributed by atoms with Gasteiger partial charge in [0.1, 0.15) is 17.5 Å². The molecule has 0 radical (unpaired) electrons. The molecule has 0 fully saturated rings. The summed E-state index contributed by atoms with van der Waals surface area (Å²) in [5, 5.41) is 2.88. The number of rotatable bonds is 3. The van der Waals surface area contributed by atoms with E-state index >= 15 is 0 Å². The molecular formula is C29H21F3N2S. The van der Waals surface area contributed by atoms with E-state index in [1.807, 2.05) is 17.5 Å². The Morgan fingerprint density at radius 2 is 1.43 bits per heavy atom. The Kier molecular flexibility index (Phi) is 5.61. The Labute approximate surface area is 206 Å². The van der Waals surface area contributed by atoms with E-state index in [1.165, 1.54) is 53.7 Å². The van der Waals surface area contributed by atoms with Gasteiger partial charge in [-0.1, -0.05) is 36.0 Å². The smallest absolute Gasteiger partial charge is 0.174 e. The maximum absolute atomic E-state index is 13.8. The second kappa shape index (κ2) is 8.93. The largest absolute Gasteiger partial charge is 0.308 e. The van der Waals surface area contributed by atoms with Crippen molar-refractivity contribution in [3.8, 4) is 0 Å². The molecule has 0 spiro atoms. The normalized spacial score (nSPS) is 20.5. The van der Waals surface area contributed by atoms with Crippen molar-refractivity contribution >= 4 is 28.7 Å². The van der Waals surface area contributed by atoms with Crippen molar-refractivity contribution in [3.05, 3.63) is 129 Å². The van der Waals surface area contributed by atoms with Crippen LogP contribution in [0.1, 0.15) is 42.0 Å². The molecule has 0 amide bonds. The molecule has 1 aliphatic carbocycles. The summed E-state index contributed by atoms with van der Waals surface area (Å²) in [6.07, 6.45) is 4.80. The molecule has 174 valence electrons. The third-order valence-corrected chi connectivity index (χ3v) is 7.41. The fourth-order valence-corrected chi connectivity index (χ4v) is 5.88. The van der Waals surface area contributed by atoms with Crippen LogP contribution < -0.4 is 0 Å². The standard InChI is InChI=1S/C29H21F3N2S/c30-22-10-4-18(5-11-22)16-21-2-1-3-25-27(21)33-29-34(28(25)20-8-14-24(32)15-9-20)26(17-35-29)19-6-12-23(31)13-7-19/h4-17,28H,1-3H2. The van der Waals surface area contributed by atoms with E-state index in [4.69, 9.17) is 4.99 Å².